The molecule has 0 bridgehead atoms. The SMILES string of the molecule is CC1(C)CCC[C@]1(C)[C@@H]1C=C[C@](C)(O)[C@@H](O)C1. The zero-order chi connectivity index (χ0) is 12.9. The minimum atomic E-state index is -1.05. The highest BCUT2D eigenvalue weighted by molar-refractivity contribution is 5.15. The van der Waals surface area contributed by atoms with Gasteiger partial charge in [-0.25, -0.2) is 0 Å². The Hall–Kier alpha value is -0.340. The van der Waals surface area contributed by atoms with Crippen molar-refractivity contribution in [1.29, 1.82) is 0 Å². The standard InChI is InChI=1S/C15H26O2/c1-13(2)7-5-8-14(13,3)11-6-9-15(4,17)12(16)10-11/h6,9,11-12,16-17H,5,7-8,10H2,1-4H3/t11-,12+,14-,15+/m1/s1. The summed E-state index contributed by atoms with van der Waals surface area (Å²) >= 11 is 0. The normalized spacial score (nSPS) is 49.5. The number of hydrogen-bond acceptors (Lipinski definition) is 2. The molecule has 2 aliphatic carbocycles. The first-order valence-corrected chi connectivity index (χ1v) is 6.79. The second-order valence-corrected chi connectivity index (χ2v) is 7.10. The van der Waals surface area contributed by atoms with Crippen molar-refractivity contribution in [3.05, 3.63) is 12.2 Å². The van der Waals surface area contributed by atoms with Crippen LogP contribution in [0.1, 0.15) is 53.4 Å². The smallest absolute Gasteiger partial charge is 0.106 e. The van der Waals surface area contributed by atoms with E-state index in [4.69, 9.17) is 0 Å². The van der Waals surface area contributed by atoms with Crippen LogP contribution in [0.15, 0.2) is 12.2 Å². The van der Waals surface area contributed by atoms with Gasteiger partial charge in [0.1, 0.15) is 5.60 Å². The predicted octanol–water partition coefficient (Wildman–Crippen LogP) is 2.89. The third kappa shape index (κ3) is 1.96. The Labute approximate surface area is 105 Å². The highest BCUT2D eigenvalue weighted by atomic mass is 16.3. The Balaban J connectivity index is 2.26. The van der Waals surface area contributed by atoms with Crippen LogP contribution < -0.4 is 0 Å². The number of aliphatic hydroxyl groups is 2. The third-order valence-electron chi connectivity index (χ3n) is 5.68. The monoisotopic (exact) mass is 238 g/mol. The molecule has 0 aromatic carbocycles. The molecule has 0 amide bonds. The van der Waals surface area contributed by atoms with Crippen LogP contribution in [-0.4, -0.2) is 21.9 Å². The number of aliphatic hydroxyl groups excluding tert-OH is 1. The molecule has 2 N–H and O–H groups in total. The molecular formula is C15H26O2. The molecule has 4 atom stereocenters. The van der Waals surface area contributed by atoms with Crippen molar-refractivity contribution < 1.29 is 10.2 Å². The van der Waals surface area contributed by atoms with Crippen molar-refractivity contribution in [2.24, 2.45) is 16.7 Å². The maximum Gasteiger partial charge on any atom is 0.106 e. The van der Waals surface area contributed by atoms with Gasteiger partial charge < -0.3 is 10.2 Å². The lowest BCUT2D eigenvalue weighted by Gasteiger charge is -2.47. The molecule has 0 radical (unpaired) electrons. The van der Waals surface area contributed by atoms with E-state index in [1.54, 1.807) is 13.0 Å². The van der Waals surface area contributed by atoms with Gasteiger partial charge in [-0.2, -0.15) is 0 Å². The van der Waals surface area contributed by atoms with Gasteiger partial charge in [0.2, 0.25) is 0 Å². The van der Waals surface area contributed by atoms with E-state index in [1.165, 1.54) is 19.3 Å². The molecule has 2 rings (SSSR count). The first-order chi connectivity index (χ1) is 7.69. The topological polar surface area (TPSA) is 40.5 Å². The molecule has 2 nitrogen and oxygen atoms in total. The minimum Gasteiger partial charge on any atom is -0.390 e. The lowest BCUT2D eigenvalue weighted by Crippen LogP contribution is -2.46. The molecule has 1 fully saturated rings. The highest BCUT2D eigenvalue weighted by Gasteiger charge is 2.51. The summed E-state index contributed by atoms with van der Waals surface area (Å²) in [5.74, 6) is 0.384. The average Bonchev–Trinajstić information content (AvgIpc) is 2.47. The molecule has 2 heteroatoms. The molecule has 0 saturated heterocycles. The zero-order valence-electron chi connectivity index (χ0n) is 11.5. The van der Waals surface area contributed by atoms with Crippen LogP contribution in [0.4, 0.5) is 0 Å². The van der Waals surface area contributed by atoms with Crippen molar-refractivity contribution in [3.63, 3.8) is 0 Å². The average molecular weight is 238 g/mol. The van der Waals surface area contributed by atoms with Gasteiger partial charge in [-0.1, -0.05) is 39.3 Å². The van der Waals surface area contributed by atoms with Gasteiger partial charge in [-0.15, -0.1) is 0 Å². The molecule has 17 heavy (non-hydrogen) atoms. The van der Waals surface area contributed by atoms with E-state index in [0.29, 0.717) is 17.8 Å². The van der Waals surface area contributed by atoms with Crippen molar-refractivity contribution in [3.8, 4) is 0 Å². The first-order valence-electron chi connectivity index (χ1n) is 6.79. The molecule has 0 unspecified atom stereocenters. The number of rotatable bonds is 1. The van der Waals surface area contributed by atoms with Crippen LogP contribution in [0.25, 0.3) is 0 Å². The van der Waals surface area contributed by atoms with Gasteiger partial charge in [-0.05, 0) is 42.9 Å². The zero-order valence-corrected chi connectivity index (χ0v) is 11.5. The third-order valence-corrected chi connectivity index (χ3v) is 5.68. The van der Waals surface area contributed by atoms with E-state index in [-0.39, 0.29) is 5.41 Å². The van der Waals surface area contributed by atoms with Gasteiger partial charge >= 0.3 is 0 Å². The lowest BCUT2D eigenvalue weighted by atomic mass is 9.59. The summed E-state index contributed by atoms with van der Waals surface area (Å²) in [4.78, 5) is 0. The van der Waals surface area contributed by atoms with Crippen LogP contribution in [0.5, 0.6) is 0 Å². The summed E-state index contributed by atoms with van der Waals surface area (Å²) in [6, 6.07) is 0. The Bertz CT molecular complexity index is 330. The summed E-state index contributed by atoms with van der Waals surface area (Å²) < 4.78 is 0. The fourth-order valence-electron chi connectivity index (χ4n) is 3.66. The molecule has 2 aliphatic rings. The Kier molecular flexibility index (Phi) is 2.95. The fourth-order valence-corrected chi connectivity index (χ4v) is 3.66. The molecule has 0 aliphatic heterocycles. The fraction of sp³-hybridized carbons (Fsp3) is 0.867. The second-order valence-electron chi connectivity index (χ2n) is 7.10. The van der Waals surface area contributed by atoms with Crippen LogP contribution in [0, 0.1) is 16.7 Å². The maximum atomic E-state index is 10.1. The van der Waals surface area contributed by atoms with Crippen molar-refractivity contribution in [2.75, 3.05) is 0 Å². The van der Waals surface area contributed by atoms with E-state index >= 15 is 0 Å². The minimum absolute atomic E-state index is 0.251. The van der Waals surface area contributed by atoms with Gasteiger partial charge in [0.25, 0.3) is 0 Å². The quantitative estimate of drug-likeness (QED) is 0.690. The Morgan fingerprint density at radius 3 is 2.24 bits per heavy atom. The highest BCUT2D eigenvalue weighted by Crippen LogP contribution is 2.58. The Morgan fingerprint density at radius 1 is 1.12 bits per heavy atom. The molecule has 1 saturated carbocycles. The largest absolute Gasteiger partial charge is 0.390 e. The molecular weight excluding hydrogens is 212 g/mol. The number of allylic oxidation sites excluding steroid dienone is 1. The van der Waals surface area contributed by atoms with E-state index in [9.17, 15) is 10.2 Å². The van der Waals surface area contributed by atoms with Gasteiger partial charge in [0, 0.05) is 0 Å². The van der Waals surface area contributed by atoms with Crippen molar-refractivity contribution in [2.45, 2.75) is 65.1 Å². The van der Waals surface area contributed by atoms with E-state index in [1.807, 2.05) is 0 Å². The molecule has 0 aromatic rings. The maximum absolute atomic E-state index is 10.1. The first kappa shape index (κ1) is 13.1. The summed E-state index contributed by atoms with van der Waals surface area (Å²) in [7, 11) is 0. The van der Waals surface area contributed by atoms with Crippen LogP contribution in [-0.2, 0) is 0 Å². The molecule has 0 aromatic heterocycles. The Morgan fingerprint density at radius 2 is 1.76 bits per heavy atom. The second kappa shape index (κ2) is 3.83. The summed E-state index contributed by atoms with van der Waals surface area (Å²) in [5, 5.41) is 20.0. The van der Waals surface area contributed by atoms with Gasteiger partial charge in [0.05, 0.1) is 6.10 Å². The van der Waals surface area contributed by atoms with E-state index in [2.05, 4.69) is 26.8 Å². The van der Waals surface area contributed by atoms with Crippen LogP contribution in [0.2, 0.25) is 0 Å². The predicted molar refractivity (Wildman–Crippen MR) is 69.6 cm³/mol. The van der Waals surface area contributed by atoms with E-state index < -0.39 is 11.7 Å². The number of hydrogen-bond donors (Lipinski definition) is 2. The summed E-state index contributed by atoms with van der Waals surface area (Å²) in [6.45, 7) is 8.72. The van der Waals surface area contributed by atoms with Gasteiger partial charge in [0.15, 0.2) is 0 Å². The van der Waals surface area contributed by atoms with E-state index in [0.717, 1.165) is 0 Å². The molecule has 98 valence electrons. The van der Waals surface area contributed by atoms with Crippen LogP contribution >= 0.6 is 0 Å². The molecule has 0 spiro atoms. The van der Waals surface area contributed by atoms with Gasteiger partial charge in [-0.3, -0.25) is 0 Å². The molecule has 0 heterocycles. The summed E-state index contributed by atoms with van der Waals surface area (Å²) in [6.07, 6.45) is 7.75. The van der Waals surface area contributed by atoms with Crippen molar-refractivity contribution in [1.82, 2.24) is 0 Å². The van der Waals surface area contributed by atoms with Crippen LogP contribution in [0.3, 0.4) is 0 Å². The lowest BCUT2D eigenvalue weighted by molar-refractivity contribution is -0.0619. The summed E-state index contributed by atoms with van der Waals surface area (Å²) in [5.41, 5.74) is -0.471. The van der Waals surface area contributed by atoms with Crippen molar-refractivity contribution >= 4 is 0 Å².